The molecule has 4 rings (SSSR count). The van der Waals surface area contributed by atoms with E-state index in [-0.39, 0.29) is 16.6 Å². The Labute approximate surface area is 218 Å². The van der Waals surface area contributed by atoms with Crippen molar-refractivity contribution in [1.82, 2.24) is 0 Å². The molecule has 0 radical (unpaired) electrons. The summed E-state index contributed by atoms with van der Waals surface area (Å²) in [6.45, 7) is 1.84. The molecular weight excluding hydrogens is 498 g/mol. The molecule has 0 saturated carbocycles. The van der Waals surface area contributed by atoms with E-state index in [0.29, 0.717) is 39.9 Å². The third-order valence-corrected chi connectivity index (χ3v) is 6.03. The van der Waals surface area contributed by atoms with Gasteiger partial charge in [-0.15, -0.1) is 0 Å². The number of halogens is 1. The summed E-state index contributed by atoms with van der Waals surface area (Å²) in [5, 5.41) is 5.44. The van der Waals surface area contributed by atoms with E-state index in [2.05, 4.69) is 10.6 Å². The number of carbonyl (C=O) groups excluding carboxylic acids is 3. The van der Waals surface area contributed by atoms with Crippen LogP contribution in [0.5, 0.6) is 17.2 Å². The molecule has 0 fully saturated rings. The summed E-state index contributed by atoms with van der Waals surface area (Å²) in [5.41, 5.74) is 2.38. The Morgan fingerprint density at radius 1 is 0.838 bits per heavy atom. The van der Waals surface area contributed by atoms with Crippen molar-refractivity contribution in [1.29, 1.82) is 0 Å². The Kier molecular flexibility index (Phi) is 7.35. The maximum atomic E-state index is 13.2. The number of nitrogens with zero attached hydrogens (tertiary/aromatic N) is 1. The fourth-order valence-electron chi connectivity index (χ4n) is 3.75. The van der Waals surface area contributed by atoms with Gasteiger partial charge in [0.1, 0.15) is 28.0 Å². The highest BCUT2D eigenvalue weighted by Crippen LogP contribution is 2.36. The summed E-state index contributed by atoms with van der Waals surface area (Å²) in [5.74, 6) is -0.238. The molecule has 1 aliphatic rings. The van der Waals surface area contributed by atoms with Crippen LogP contribution in [0.3, 0.4) is 0 Å². The standard InChI is InChI=1S/C27H24ClN3O6/c1-15-5-12-21(36-3)20(13-15)31-26(33)23(28)24(27(31)34)29-17-8-6-16(7-9-17)25(32)30-19-11-10-18(35-2)14-22(19)37-4/h5-14,29H,1-4H3,(H,30,32). The number of aryl methyl sites for hydroxylation is 1. The third-order valence-electron chi connectivity index (χ3n) is 5.68. The molecule has 0 atom stereocenters. The van der Waals surface area contributed by atoms with E-state index in [4.69, 9.17) is 25.8 Å². The predicted molar refractivity (Wildman–Crippen MR) is 141 cm³/mol. The van der Waals surface area contributed by atoms with Crippen LogP contribution in [-0.4, -0.2) is 39.1 Å². The number of nitrogens with one attached hydrogen (secondary N) is 2. The molecule has 0 saturated heterocycles. The largest absolute Gasteiger partial charge is 0.497 e. The Morgan fingerprint density at radius 2 is 1.54 bits per heavy atom. The summed E-state index contributed by atoms with van der Waals surface area (Å²) in [7, 11) is 4.49. The predicted octanol–water partition coefficient (Wildman–Crippen LogP) is 4.71. The van der Waals surface area contributed by atoms with Crippen LogP contribution >= 0.6 is 11.6 Å². The molecule has 1 heterocycles. The molecule has 0 bridgehead atoms. The molecule has 3 amide bonds. The van der Waals surface area contributed by atoms with E-state index in [1.807, 2.05) is 13.0 Å². The number of carbonyl (C=O) groups is 3. The number of rotatable bonds is 8. The van der Waals surface area contributed by atoms with Crippen molar-refractivity contribution in [2.45, 2.75) is 6.92 Å². The van der Waals surface area contributed by atoms with E-state index >= 15 is 0 Å². The van der Waals surface area contributed by atoms with E-state index in [9.17, 15) is 14.4 Å². The van der Waals surface area contributed by atoms with Gasteiger partial charge in [0.05, 0.1) is 32.7 Å². The number of benzene rings is 3. The summed E-state index contributed by atoms with van der Waals surface area (Å²) < 4.78 is 15.8. The molecule has 190 valence electrons. The molecule has 9 nitrogen and oxygen atoms in total. The number of hydrogen-bond acceptors (Lipinski definition) is 7. The van der Waals surface area contributed by atoms with Crippen molar-refractivity contribution in [2.75, 3.05) is 36.9 Å². The van der Waals surface area contributed by atoms with Gasteiger partial charge in [-0.05, 0) is 61.0 Å². The SMILES string of the molecule is COc1ccc(NC(=O)c2ccc(NC3=C(Cl)C(=O)N(c4cc(C)ccc4OC)C3=O)cc2)c(OC)c1. The summed E-state index contributed by atoms with van der Waals surface area (Å²) in [4.78, 5) is 39.7. The molecule has 0 aromatic heterocycles. The maximum Gasteiger partial charge on any atom is 0.283 e. The van der Waals surface area contributed by atoms with Crippen LogP contribution in [0.25, 0.3) is 0 Å². The molecule has 1 aliphatic heterocycles. The third kappa shape index (κ3) is 5.07. The van der Waals surface area contributed by atoms with Crippen LogP contribution in [0.15, 0.2) is 71.4 Å². The highest BCUT2D eigenvalue weighted by molar-refractivity contribution is 6.53. The highest BCUT2D eigenvalue weighted by atomic mass is 35.5. The van der Waals surface area contributed by atoms with Crippen molar-refractivity contribution in [3.63, 3.8) is 0 Å². The van der Waals surface area contributed by atoms with Gasteiger partial charge in [-0.2, -0.15) is 0 Å². The number of hydrogen-bond donors (Lipinski definition) is 2. The molecule has 3 aromatic rings. The van der Waals surface area contributed by atoms with Gasteiger partial charge in [0.15, 0.2) is 0 Å². The second kappa shape index (κ2) is 10.6. The van der Waals surface area contributed by atoms with Crippen LogP contribution in [0.1, 0.15) is 15.9 Å². The first-order valence-corrected chi connectivity index (χ1v) is 11.5. The second-order valence-corrected chi connectivity index (χ2v) is 8.41. The average molecular weight is 522 g/mol. The first-order chi connectivity index (χ1) is 17.8. The minimum atomic E-state index is -0.664. The van der Waals surface area contributed by atoms with Crippen molar-refractivity contribution in [3.8, 4) is 17.2 Å². The summed E-state index contributed by atoms with van der Waals surface area (Å²) >= 11 is 6.25. The fraction of sp³-hybridized carbons (Fsp3) is 0.148. The minimum absolute atomic E-state index is 0.0737. The van der Waals surface area contributed by atoms with Gasteiger partial charge in [0.25, 0.3) is 17.7 Å². The Bertz CT molecular complexity index is 1420. The lowest BCUT2D eigenvalue weighted by molar-refractivity contribution is -0.120. The zero-order valence-electron chi connectivity index (χ0n) is 20.5. The van der Waals surface area contributed by atoms with Gasteiger partial charge in [0.2, 0.25) is 0 Å². The van der Waals surface area contributed by atoms with Crippen molar-refractivity contribution < 1.29 is 28.6 Å². The lowest BCUT2D eigenvalue weighted by atomic mass is 10.1. The first-order valence-electron chi connectivity index (χ1n) is 11.1. The molecular formula is C27H24ClN3O6. The zero-order valence-corrected chi connectivity index (χ0v) is 21.3. The summed E-state index contributed by atoms with van der Waals surface area (Å²) in [6, 6.07) is 16.6. The molecule has 0 unspecified atom stereocenters. The monoisotopic (exact) mass is 521 g/mol. The van der Waals surface area contributed by atoms with E-state index in [1.54, 1.807) is 54.6 Å². The maximum absolute atomic E-state index is 13.2. The fourth-order valence-corrected chi connectivity index (χ4v) is 3.96. The Morgan fingerprint density at radius 3 is 2.19 bits per heavy atom. The smallest absolute Gasteiger partial charge is 0.283 e. The molecule has 3 aromatic carbocycles. The van der Waals surface area contributed by atoms with Crippen molar-refractivity contribution >= 4 is 46.4 Å². The number of methoxy groups -OCH3 is 3. The number of amides is 3. The van der Waals surface area contributed by atoms with Gasteiger partial charge in [0, 0.05) is 17.3 Å². The van der Waals surface area contributed by atoms with Crippen LogP contribution < -0.4 is 29.7 Å². The van der Waals surface area contributed by atoms with Crippen LogP contribution in [0.4, 0.5) is 17.1 Å². The van der Waals surface area contributed by atoms with Crippen LogP contribution in [-0.2, 0) is 9.59 Å². The summed E-state index contributed by atoms with van der Waals surface area (Å²) in [6.07, 6.45) is 0. The van der Waals surface area contributed by atoms with Gasteiger partial charge in [-0.25, -0.2) is 4.90 Å². The first kappa shape index (κ1) is 25.6. The Hall–Kier alpha value is -4.50. The van der Waals surface area contributed by atoms with Gasteiger partial charge >= 0.3 is 0 Å². The number of anilines is 3. The topological polar surface area (TPSA) is 106 Å². The van der Waals surface area contributed by atoms with Gasteiger partial charge in [-0.3, -0.25) is 14.4 Å². The van der Waals surface area contributed by atoms with Gasteiger partial charge in [-0.1, -0.05) is 17.7 Å². The van der Waals surface area contributed by atoms with E-state index < -0.39 is 11.8 Å². The highest BCUT2D eigenvalue weighted by Gasteiger charge is 2.40. The number of imide groups is 1. The molecule has 0 spiro atoms. The number of ether oxygens (including phenoxy) is 3. The quantitative estimate of drug-likeness (QED) is 0.413. The van der Waals surface area contributed by atoms with Crippen molar-refractivity contribution in [2.24, 2.45) is 0 Å². The van der Waals surface area contributed by atoms with Crippen LogP contribution in [0.2, 0.25) is 0 Å². The average Bonchev–Trinajstić information content (AvgIpc) is 3.11. The van der Waals surface area contributed by atoms with E-state index in [1.165, 1.54) is 21.3 Å². The van der Waals surface area contributed by atoms with Gasteiger partial charge < -0.3 is 24.8 Å². The van der Waals surface area contributed by atoms with E-state index in [0.717, 1.165) is 10.5 Å². The Balaban J connectivity index is 1.50. The van der Waals surface area contributed by atoms with Crippen molar-refractivity contribution in [3.05, 3.63) is 82.5 Å². The molecule has 37 heavy (non-hydrogen) atoms. The molecule has 0 aliphatic carbocycles. The molecule has 2 N–H and O–H groups in total. The van der Waals surface area contributed by atoms with Crippen LogP contribution in [0, 0.1) is 6.92 Å². The molecule has 10 heteroatoms. The minimum Gasteiger partial charge on any atom is -0.497 e. The normalized spacial score (nSPS) is 13.1. The second-order valence-electron chi connectivity index (χ2n) is 8.03. The lowest BCUT2D eigenvalue weighted by Gasteiger charge is -2.18. The lowest BCUT2D eigenvalue weighted by Crippen LogP contribution is -2.32. The zero-order chi connectivity index (χ0) is 26.7.